The molecule has 1 aromatic heterocycles. The fraction of sp³-hybridized carbons (Fsp3) is 0.250. The van der Waals surface area contributed by atoms with Gasteiger partial charge < -0.3 is 10.5 Å². The first kappa shape index (κ1) is 12.1. The third kappa shape index (κ3) is 2.87. The van der Waals surface area contributed by atoms with Gasteiger partial charge in [0.15, 0.2) is 0 Å². The number of nitrogens with zero attached hydrogens (tertiary/aromatic N) is 2. The molecule has 0 aliphatic rings. The number of hydrogen-bond donors (Lipinski definition) is 1. The number of ether oxygens (including phenoxy) is 1. The monoisotopic (exact) mass is 295 g/mol. The van der Waals surface area contributed by atoms with Crippen LogP contribution in [0.3, 0.4) is 0 Å². The van der Waals surface area contributed by atoms with Gasteiger partial charge in [0.05, 0.1) is 23.8 Å². The first-order valence-corrected chi connectivity index (χ1v) is 6.07. The van der Waals surface area contributed by atoms with Crippen molar-refractivity contribution in [2.75, 3.05) is 7.11 Å². The van der Waals surface area contributed by atoms with Gasteiger partial charge in [-0.1, -0.05) is 6.07 Å². The smallest absolute Gasteiger partial charge is 0.133 e. The van der Waals surface area contributed by atoms with Gasteiger partial charge >= 0.3 is 0 Å². The predicted octanol–water partition coefficient (Wildman–Crippen LogP) is 2.16. The molecule has 0 saturated carbocycles. The Bertz CT molecular complexity index is 510. The van der Waals surface area contributed by atoms with E-state index in [2.05, 4.69) is 21.0 Å². The maximum Gasteiger partial charge on any atom is 0.133 e. The molecule has 0 saturated heterocycles. The highest BCUT2D eigenvalue weighted by Crippen LogP contribution is 2.25. The molecule has 2 N–H and O–H groups in total. The predicted molar refractivity (Wildman–Crippen MR) is 69.9 cm³/mol. The van der Waals surface area contributed by atoms with Crippen molar-refractivity contribution in [3.63, 3.8) is 0 Å². The second-order valence-corrected chi connectivity index (χ2v) is 4.53. The van der Waals surface area contributed by atoms with E-state index in [9.17, 15) is 0 Å². The van der Waals surface area contributed by atoms with Gasteiger partial charge in [0.25, 0.3) is 0 Å². The summed E-state index contributed by atoms with van der Waals surface area (Å²) >= 11 is 3.46. The van der Waals surface area contributed by atoms with Gasteiger partial charge in [-0.3, -0.25) is 4.68 Å². The van der Waals surface area contributed by atoms with Crippen LogP contribution in [0.25, 0.3) is 0 Å². The molecule has 1 aromatic carbocycles. The number of rotatable bonds is 4. The highest BCUT2D eigenvalue weighted by Gasteiger charge is 2.03. The third-order valence-corrected chi connectivity index (χ3v) is 3.09. The zero-order chi connectivity index (χ0) is 12.3. The molecule has 0 radical (unpaired) electrons. The lowest BCUT2D eigenvalue weighted by Crippen LogP contribution is -2.03. The molecule has 0 aliphatic heterocycles. The lowest BCUT2D eigenvalue weighted by atomic mass is 10.2. The van der Waals surface area contributed by atoms with Crippen LogP contribution in [0.2, 0.25) is 0 Å². The Kier molecular flexibility index (Phi) is 3.81. The van der Waals surface area contributed by atoms with Crippen molar-refractivity contribution in [1.29, 1.82) is 0 Å². The van der Waals surface area contributed by atoms with Gasteiger partial charge in [-0.15, -0.1) is 0 Å². The van der Waals surface area contributed by atoms with Crippen molar-refractivity contribution >= 4 is 15.9 Å². The van der Waals surface area contributed by atoms with E-state index < -0.39 is 0 Å². The normalized spacial score (nSPS) is 10.5. The second-order valence-electron chi connectivity index (χ2n) is 3.68. The van der Waals surface area contributed by atoms with Crippen molar-refractivity contribution in [3.05, 3.63) is 46.2 Å². The van der Waals surface area contributed by atoms with Gasteiger partial charge in [0, 0.05) is 12.7 Å². The van der Waals surface area contributed by atoms with Crippen LogP contribution in [-0.4, -0.2) is 16.9 Å². The van der Waals surface area contributed by atoms with Gasteiger partial charge in [-0.2, -0.15) is 5.10 Å². The van der Waals surface area contributed by atoms with Crippen LogP contribution in [-0.2, 0) is 13.1 Å². The average molecular weight is 296 g/mol. The topological polar surface area (TPSA) is 53.1 Å². The fourth-order valence-electron chi connectivity index (χ4n) is 1.60. The van der Waals surface area contributed by atoms with Crippen LogP contribution < -0.4 is 10.5 Å². The van der Waals surface area contributed by atoms with Gasteiger partial charge in [0.2, 0.25) is 0 Å². The number of hydrogen-bond acceptors (Lipinski definition) is 3. The Morgan fingerprint density at radius 1 is 1.41 bits per heavy atom. The summed E-state index contributed by atoms with van der Waals surface area (Å²) in [5.41, 5.74) is 7.58. The lowest BCUT2D eigenvalue weighted by Gasteiger charge is -2.06. The van der Waals surface area contributed by atoms with Crippen LogP contribution in [0.5, 0.6) is 5.75 Å². The van der Waals surface area contributed by atoms with Crippen LogP contribution in [0.15, 0.2) is 34.9 Å². The van der Waals surface area contributed by atoms with Crippen molar-refractivity contribution in [1.82, 2.24) is 9.78 Å². The number of benzene rings is 1. The zero-order valence-corrected chi connectivity index (χ0v) is 11.1. The molecule has 5 heteroatoms. The Morgan fingerprint density at radius 2 is 2.24 bits per heavy atom. The summed E-state index contributed by atoms with van der Waals surface area (Å²) in [5.74, 6) is 0.830. The first-order valence-electron chi connectivity index (χ1n) is 5.27. The average Bonchev–Trinajstić information content (AvgIpc) is 2.77. The van der Waals surface area contributed by atoms with Gasteiger partial charge in [-0.05, 0) is 39.7 Å². The molecule has 0 aliphatic carbocycles. The zero-order valence-electron chi connectivity index (χ0n) is 9.56. The van der Waals surface area contributed by atoms with E-state index in [4.69, 9.17) is 10.5 Å². The molecule has 2 rings (SSSR count). The Balaban J connectivity index is 2.15. The minimum atomic E-state index is 0.472. The number of halogens is 1. The maximum absolute atomic E-state index is 5.52. The molecule has 4 nitrogen and oxygen atoms in total. The quantitative estimate of drug-likeness (QED) is 0.940. The van der Waals surface area contributed by atoms with Crippen molar-refractivity contribution in [2.45, 2.75) is 13.1 Å². The van der Waals surface area contributed by atoms with Crippen LogP contribution in [0.4, 0.5) is 0 Å². The summed E-state index contributed by atoms with van der Waals surface area (Å²) < 4.78 is 8.01. The molecule has 0 atom stereocenters. The largest absolute Gasteiger partial charge is 0.496 e. The Hall–Kier alpha value is -1.33. The first-order chi connectivity index (χ1) is 8.22. The summed E-state index contributed by atoms with van der Waals surface area (Å²) in [6, 6.07) is 7.92. The molecular formula is C12H14BrN3O. The Labute approximate surface area is 109 Å². The van der Waals surface area contributed by atoms with E-state index in [0.717, 1.165) is 28.0 Å². The Morgan fingerprint density at radius 3 is 2.82 bits per heavy atom. The highest BCUT2D eigenvalue weighted by atomic mass is 79.9. The van der Waals surface area contributed by atoms with E-state index in [1.54, 1.807) is 7.11 Å². The summed E-state index contributed by atoms with van der Waals surface area (Å²) in [4.78, 5) is 0. The highest BCUT2D eigenvalue weighted by molar-refractivity contribution is 9.10. The van der Waals surface area contributed by atoms with E-state index in [0.29, 0.717) is 6.54 Å². The van der Waals surface area contributed by atoms with Crippen LogP contribution >= 0.6 is 15.9 Å². The van der Waals surface area contributed by atoms with Crippen LogP contribution in [0, 0.1) is 0 Å². The molecule has 90 valence electrons. The molecule has 0 unspecified atom stereocenters. The molecule has 2 aromatic rings. The van der Waals surface area contributed by atoms with Gasteiger partial charge in [-0.25, -0.2) is 0 Å². The summed E-state index contributed by atoms with van der Waals surface area (Å²) in [6.07, 6.45) is 1.93. The number of nitrogens with two attached hydrogens (primary N) is 1. The minimum Gasteiger partial charge on any atom is -0.496 e. The van der Waals surface area contributed by atoms with Crippen molar-refractivity contribution < 1.29 is 4.74 Å². The lowest BCUT2D eigenvalue weighted by molar-refractivity contribution is 0.412. The number of methoxy groups -OCH3 is 1. The third-order valence-electron chi connectivity index (χ3n) is 2.47. The molecule has 0 spiro atoms. The SMILES string of the molecule is COc1ccc(Cn2ccc(CN)n2)cc1Br. The molecule has 17 heavy (non-hydrogen) atoms. The summed E-state index contributed by atoms with van der Waals surface area (Å²) in [7, 11) is 1.65. The fourth-order valence-corrected chi connectivity index (χ4v) is 2.18. The molecule has 0 fully saturated rings. The van der Waals surface area contributed by atoms with Crippen LogP contribution in [0.1, 0.15) is 11.3 Å². The van der Waals surface area contributed by atoms with E-state index in [-0.39, 0.29) is 0 Å². The minimum absolute atomic E-state index is 0.472. The van der Waals surface area contributed by atoms with E-state index in [1.165, 1.54) is 0 Å². The van der Waals surface area contributed by atoms with E-state index >= 15 is 0 Å². The second kappa shape index (κ2) is 5.33. The van der Waals surface area contributed by atoms with Crippen molar-refractivity contribution in [2.24, 2.45) is 5.73 Å². The van der Waals surface area contributed by atoms with Crippen molar-refractivity contribution in [3.8, 4) is 5.75 Å². The molecule has 1 heterocycles. The maximum atomic E-state index is 5.52. The molecule has 0 bridgehead atoms. The van der Waals surface area contributed by atoms with E-state index in [1.807, 2.05) is 35.1 Å². The summed E-state index contributed by atoms with van der Waals surface area (Å²) in [6.45, 7) is 1.20. The molecule has 0 amide bonds. The standard InChI is InChI=1S/C12H14BrN3O/c1-17-12-3-2-9(6-11(12)13)8-16-5-4-10(7-14)15-16/h2-6H,7-8,14H2,1H3. The summed E-state index contributed by atoms with van der Waals surface area (Å²) in [5, 5.41) is 4.34. The molecular weight excluding hydrogens is 282 g/mol. The van der Waals surface area contributed by atoms with Gasteiger partial charge in [0.1, 0.15) is 5.75 Å². The number of aromatic nitrogens is 2.